The van der Waals surface area contributed by atoms with Crippen molar-refractivity contribution < 1.29 is 8.42 Å². The molecule has 0 unspecified atom stereocenters. The Balaban J connectivity index is 2.95. The van der Waals surface area contributed by atoms with Gasteiger partial charge in [0.1, 0.15) is 5.52 Å². The van der Waals surface area contributed by atoms with Gasteiger partial charge in [-0.1, -0.05) is 16.2 Å². The molecule has 0 spiro atoms. The van der Waals surface area contributed by atoms with Crippen molar-refractivity contribution in [3.63, 3.8) is 0 Å². The molecular formula is C7H4ClN3O3S. The van der Waals surface area contributed by atoms with E-state index >= 15 is 0 Å². The maximum Gasteiger partial charge on any atom is 0.345 e. The Morgan fingerprint density at radius 2 is 1.93 bits per heavy atom. The fourth-order valence-corrected chi connectivity index (χ4v) is 1.81. The van der Waals surface area contributed by atoms with Crippen molar-refractivity contribution in [1.82, 2.24) is 14.4 Å². The second-order valence-corrected chi connectivity index (χ2v) is 5.04. The number of nitrogens with zero attached hydrogens (tertiary/aromatic N) is 3. The summed E-state index contributed by atoms with van der Waals surface area (Å²) < 4.78 is 22.0. The number of halogens is 1. The highest BCUT2D eigenvalue weighted by Crippen LogP contribution is 2.05. The van der Waals surface area contributed by atoms with Crippen LogP contribution in [0.5, 0.6) is 0 Å². The maximum atomic E-state index is 11.6. The van der Waals surface area contributed by atoms with Gasteiger partial charge in [-0.15, -0.1) is 5.10 Å². The standard InChI is InChI=1S/C7H4ClN3O3S/c8-15(13,14)11-7(12)5-3-1-2-4-6(5)9-10-11/h1-4H. The Bertz CT molecular complexity index is 679. The first kappa shape index (κ1) is 10.1. The molecule has 2 rings (SSSR count). The molecule has 0 aliphatic carbocycles. The van der Waals surface area contributed by atoms with E-state index in [0.717, 1.165) is 0 Å². The molecule has 2 aromatic rings. The highest BCUT2D eigenvalue weighted by Gasteiger charge is 2.14. The van der Waals surface area contributed by atoms with Crippen LogP contribution >= 0.6 is 10.7 Å². The Labute approximate surface area is 88.6 Å². The van der Waals surface area contributed by atoms with Crippen LogP contribution in [0.15, 0.2) is 29.1 Å². The molecule has 0 atom stereocenters. The molecule has 0 radical (unpaired) electrons. The molecule has 0 fully saturated rings. The average molecular weight is 246 g/mol. The van der Waals surface area contributed by atoms with E-state index in [1.165, 1.54) is 6.07 Å². The van der Waals surface area contributed by atoms with Gasteiger partial charge < -0.3 is 0 Å². The third-order valence-electron chi connectivity index (χ3n) is 1.75. The van der Waals surface area contributed by atoms with Gasteiger partial charge in [0, 0.05) is 10.7 Å². The molecule has 0 aliphatic heterocycles. The minimum atomic E-state index is -4.22. The molecule has 1 heterocycles. The monoisotopic (exact) mass is 245 g/mol. The molecule has 0 amide bonds. The van der Waals surface area contributed by atoms with Crippen molar-refractivity contribution in [2.24, 2.45) is 0 Å². The number of benzene rings is 1. The quantitative estimate of drug-likeness (QED) is 0.667. The van der Waals surface area contributed by atoms with Gasteiger partial charge in [0.2, 0.25) is 0 Å². The fourth-order valence-electron chi connectivity index (χ4n) is 1.12. The lowest BCUT2D eigenvalue weighted by atomic mass is 10.2. The first-order chi connectivity index (χ1) is 7.00. The van der Waals surface area contributed by atoms with E-state index < -0.39 is 14.8 Å². The van der Waals surface area contributed by atoms with Crippen LogP contribution in [-0.4, -0.2) is 22.8 Å². The molecule has 8 heteroatoms. The van der Waals surface area contributed by atoms with Gasteiger partial charge >= 0.3 is 9.24 Å². The smallest absolute Gasteiger partial charge is 0.266 e. The zero-order valence-corrected chi connectivity index (χ0v) is 8.73. The van der Waals surface area contributed by atoms with Crippen molar-refractivity contribution in [2.45, 2.75) is 0 Å². The molecular weight excluding hydrogens is 242 g/mol. The van der Waals surface area contributed by atoms with E-state index in [1.807, 2.05) is 0 Å². The number of rotatable bonds is 1. The first-order valence-corrected chi connectivity index (χ1v) is 6.07. The number of hydrogen-bond acceptors (Lipinski definition) is 5. The van der Waals surface area contributed by atoms with E-state index in [9.17, 15) is 13.2 Å². The Morgan fingerprint density at radius 1 is 1.27 bits per heavy atom. The summed E-state index contributed by atoms with van der Waals surface area (Å²) in [5, 5.41) is 6.92. The van der Waals surface area contributed by atoms with E-state index in [1.54, 1.807) is 18.2 Å². The second-order valence-electron chi connectivity index (χ2n) is 2.70. The summed E-state index contributed by atoms with van der Waals surface area (Å²) in [6, 6.07) is 6.26. The van der Waals surface area contributed by atoms with Crippen LogP contribution in [0.1, 0.15) is 0 Å². The lowest BCUT2D eigenvalue weighted by Crippen LogP contribution is -2.27. The summed E-state index contributed by atoms with van der Waals surface area (Å²) in [7, 11) is 0.775. The third-order valence-corrected chi connectivity index (χ3v) is 2.79. The summed E-state index contributed by atoms with van der Waals surface area (Å²) in [4.78, 5) is 11.6. The fraction of sp³-hybridized carbons (Fsp3) is 0. The molecule has 15 heavy (non-hydrogen) atoms. The van der Waals surface area contributed by atoms with Gasteiger partial charge in [0.15, 0.2) is 0 Å². The molecule has 0 saturated carbocycles. The summed E-state index contributed by atoms with van der Waals surface area (Å²) in [5.74, 6) is 0. The molecule has 0 aliphatic rings. The first-order valence-electron chi connectivity index (χ1n) is 3.80. The largest absolute Gasteiger partial charge is 0.345 e. The van der Waals surface area contributed by atoms with Crippen LogP contribution in [-0.2, 0) is 9.24 Å². The van der Waals surface area contributed by atoms with Crippen LogP contribution in [0.4, 0.5) is 0 Å². The van der Waals surface area contributed by atoms with Gasteiger partial charge in [-0.25, -0.2) is 0 Å². The molecule has 0 bridgehead atoms. The second kappa shape index (κ2) is 3.28. The van der Waals surface area contributed by atoms with Gasteiger partial charge in [-0.2, -0.15) is 8.42 Å². The molecule has 0 saturated heterocycles. The predicted octanol–water partition coefficient (Wildman–Crippen LogP) is 0.123. The normalized spacial score (nSPS) is 11.8. The van der Waals surface area contributed by atoms with E-state index in [4.69, 9.17) is 10.7 Å². The third kappa shape index (κ3) is 1.71. The lowest BCUT2D eigenvalue weighted by molar-refractivity contribution is 0.586. The lowest BCUT2D eigenvalue weighted by Gasteiger charge is -1.99. The summed E-state index contributed by atoms with van der Waals surface area (Å²) in [5.41, 5.74) is -0.491. The predicted molar refractivity (Wildman–Crippen MR) is 54.0 cm³/mol. The summed E-state index contributed by atoms with van der Waals surface area (Å²) >= 11 is 0. The summed E-state index contributed by atoms with van der Waals surface area (Å²) in [6.07, 6.45) is 0. The minimum Gasteiger partial charge on any atom is -0.266 e. The Morgan fingerprint density at radius 3 is 2.60 bits per heavy atom. The number of hydrogen-bond donors (Lipinski definition) is 0. The topological polar surface area (TPSA) is 81.9 Å². The molecule has 6 nitrogen and oxygen atoms in total. The van der Waals surface area contributed by atoms with Crippen LogP contribution in [0.2, 0.25) is 0 Å². The van der Waals surface area contributed by atoms with Gasteiger partial charge in [-0.05, 0) is 17.3 Å². The average Bonchev–Trinajstić information content (AvgIpc) is 2.16. The van der Waals surface area contributed by atoms with Gasteiger partial charge in [-0.3, -0.25) is 4.79 Å². The zero-order valence-electron chi connectivity index (χ0n) is 7.16. The Hall–Kier alpha value is -1.47. The van der Waals surface area contributed by atoms with E-state index in [0.29, 0.717) is 5.52 Å². The van der Waals surface area contributed by atoms with Crippen molar-refractivity contribution in [2.75, 3.05) is 0 Å². The number of fused-ring (bicyclic) bond motifs is 1. The van der Waals surface area contributed by atoms with E-state index in [2.05, 4.69) is 10.3 Å². The Kier molecular flexibility index (Phi) is 2.20. The van der Waals surface area contributed by atoms with Crippen LogP contribution in [0, 0.1) is 0 Å². The van der Waals surface area contributed by atoms with Gasteiger partial charge in [0.05, 0.1) is 5.39 Å². The van der Waals surface area contributed by atoms with Crippen molar-refractivity contribution in [1.29, 1.82) is 0 Å². The van der Waals surface area contributed by atoms with Crippen molar-refractivity contribution in [3.8, 4) is 0 Å². The maximum absolute atomic E-state index is 11.6. The molecule has 1 aromatic heterocycles. The van der Waals surface area contributed by atoms with E-state index in [-0.39, 0.29) is 9.47 Å². The molecule has 1 aromatic carbocycles. The van der Waals surface area contributed by atoms with Crippen molar-refractivity contribution >= 4 is 30.8 Å². The van der Waals surface area contributed by atoms with Crippen LogP contribution in [0.3, 0.4) is 0 Å². The highest BCUT2D eigenvalue weighted by molar-refractivity contribution is 8.12. The van der Waals surface area contributed by atoms with Gasteiger partial charge in [0.25, 0.3) is 5.56 Å². The minimum absolute atomic E-state index is 0.150. The molecule has 0 N–H and O–H groups in total. The molecule has 78 valence electrons. The number of aromatic nitrogens is 3. The summed E-state index contributed by atoms with van der Waals surface area (Å²) in [6.45, 7) is 0. The van der Waals surface area contributed by atoms with Crippen LogP contribution < -0.4 is 5.56 Å². The van der Waals surface area contributed by atoms with Crippen LogP contribution in [0.25, 0.3) is 10.9 Å². The highest BCUT2D eigenvalue weighted by atomic mass is 35.7. The van der Waals surface area contributed by atoms with Crippen molar-refractivity contribution in [3.05, 3.63) is 34.6 Å². The SMILES string of the molecule is O=c1c2ccccc2nnn1S(=O)(=O)Cl. The zero-order chi connectivity index (χ0) is 11.1.